The average Bonchev–Trinajstić information content (AvgIpc) is 2.99. The van der Waals surface area contributed by atoms with E-state index in [1.165, 1.54) is 12.1 Å². The summed E-state index contributed by atoms with van der Waals surface area (Å²) in [6.45, 7) is 3.34. The number of rotatable bonds is 6. The molecule has 1 aromatic carbocycles. The number of carbonyl (C=O) groups is 2. The number of aromatic nitrogens is 2. The van der Waals surface area contributed by atoms with Crippen LogP contribution in [0.4, 0.5) is 11.4 Å². The molecule has 0 atom stereocenters. The molecule has 10 nitrogen and oxygen atoms in total. The molecule has 4 N–H and O–H groups in total. The van der Waals surface area contributed by atoms with Gasteiger partial charge in [-0.15, -0.1) is 11.3 Å². The highest BCUT2D eigenvalue weighted by molar-refractivity contribution is 7.99. The van der Waals surface area contributed by atoms with Crippen LogP contribution in [0.3, 0.4) is 0 Å². The van der Waals surface area contributed by atoms with Gasteiger partial charge in [-0.1, -0.05) is 17.8 Å². The number of thioether (sulfide) groups is 1. The Morgan fingerprint density at radius 1 is 1.38 bits per heavy atom. The molecule has 0 fully saturated rings. The largest absolute Gasteiger partial charge is 0.365 e. The summed E-state index contributed by atoms with van der Waals surface area (Å²) in [5.74, 6) is -1.13. The third-order valence-electron chi connectivity index (χ3n) is 4.05. The molecule has 2 amide bonds. The third-order valence-corrected chi connectivity index (χ3v) is 6.12. The number of primary amides is 1. The molecule has 0 spiro atoms. The van der Waals surface area contributed by atoms with Crippen molar-refractivity contribution in [3.63, 3.8) is 0 Å². The van der Waals surface area contributed by atoms with Gasteiger partial charge in [0.2, 0.25) is 5.91 Å². The van der Waals surface area contributed by atoms with Crippen LogP contribution in [-0.4, -0.2) is 32.5 Å². The van der Waals surface area contributed by atoms with Gasteiger partial charge in [0.15, 0.2) is 5.16 Å². The molecule has 0 aliphatic carbocycles. The van der Waals surface area contributed by atoms with E-state index in [1.807, 2.05) is 0 Å². The van der Waals surface area contributed by atoms with Crippen molar-refractivity contribution in [3.05, 3.63) is 54.7 Å². The standard InChI is InChI=1S/C17H15N5O5S2/c1-7-3-4-9(22(26)27)5-10(7)19-11(23)6-28-17-20-15(25)12-8(2)13(14(18)24)29-16(12)21-17/h3-5H,6H2,1-2H3,(H2,18,24)(H,19,23)(H,20,21,25). The van der Waals surface area contributed by atoms with Crippen molar-refractivity contribution in [2.24, 2.45) is 5.73 Å². The molecule has 3 rings (SSSR count). The number of H-pyrrole nitrogens is 1. The van der Waals surface area contributed by atoms with E-state index in [1.54, 1.807) is 19.9 Å². The van der Waals surface area contributed by atoms with Gasteiger partial charge in [0, 0.05) is 12.1 Å². The maximum Gasteiger partial charge on any atom is 0.271 e. The van der Waals surface area contributed by atoms with Gasteiger partial charge in [-0.3, -0.25) is 24.5 Å². The van der Waals surface area contributed by atoms with Crippen molar-refractivity contribution in [1.82, 2.24) is 9.97 Å². The summed E-state index contributed by atoms with van der Waals surface area (Å²) in [6.07, 6.45) is 0. The molecule has 3 aromatic rings. The number of non-ortho nitro benzene ring substituents is 1. The smallest absolute Gasteiger partial charge is 0.271 e. The number of thiophene rings is 1. The van der Waals surface area contributed by atoms with E-state index < -0.39 is 22.3 Å². The number of nitro benzene ring substituents is 1. The van der Waals surface area contributed by atoms with E-state index >= 15 is 0 Å². The van der Waals surface area contributed by atoms with Crippen molar-refractivity contribution < 1.29 is 14.5 Å². The zero-order valence-corrected chi connectivity index (χ0v) is 16.9. The van der Waals surface area contributed by atoms with Crippen molar-refractivity contribution in [2.45, 2.75) is 19.0 Å². The summed E-state index contributed by atoms with van der Waals surface area (Å²) in [4.78, 5) is 53.8. The lowest BCUT2D eigenvalue weighted by molar-refractivity contribution is -0.384. The number of hydrogen-bond acceptors (Lipinski definition) is 8. The normalized spacial score (nSPS) is 10.8. The number of nitrogens with zero attached hydrogens (tertiary/aromatic N) is 2. The molecule has 0 saturated carbocycles. The number of nitro groups is 1. The van der Waals surface area contributed by atoms with Crippen LogP contribution in [0.15, 0.2) is 28.2 Å². The number of hydrogen-bond donors (Lipinski definition) is 3. The van der Waals surface area contributed by atoms with Gasteiger partial charge in [-0.05, 0) is 25.0 Å². The predicted molar refractivity (Wildman–Crippen MR) is 111 cm³/mol. The highest BCUT2D eigenvalue weighted by Crippen LogP contribution is 2.28. The number of nitrogens with two attached hydrogens (primary N) is 1. The molecule has 0 unspecified atom stereocenters. The zero-order valence-electron chi connectivity index (χ0n) is 15.3. The minimum atomic E-state index is -0.634. The van der Waals surface area contributed by atoms with E-state index in [-0.39, 0.29) is 21.5 Å². The first kappa shape index (κ1) is 20.5. The fraction of sp³-hybridized carbons (Fsp3) is 0.176. The van der Waals surface area contributed by atoms with Gasteiger partial charge >= 0.3 is 0 Å². The number of nitrogens with one attached hydrogen (secondary N) is 2. The van der Waals surface area contributed by atoms with Gasteiger partial charge in [0.05, 0.1) is 26.6 Å². The Morgan fingerprint density at radius 3 is 2.76 bits per heavy atom. The predicted octanol–water partition coefficient (Wildman–Crippen LogP) is 2.34. The Labute approximate surface area is 171 Å². The second-order valence-corrected chi connectivity index (χ2v) is 8.03. The summed E-state index contributed by atoms with van der Waals surface area (Å²) in [5, 5.41) is 14.0. The minimum Gasteiger partial charge on any atom is -0.365 e. The van der Waals surface area contributed by atoms with Gasteiger partial charge in [0.25, 0.3) is 17.2 Å². The molecule has 0 aliphatic heterocycles. The van der Waals surface area contributed by atoms with Crippen LogP contribution in [0.1, 0.15) is 20.8 Å². The highest BCUT2D eigenvalue weighted by Gasteiger charge is 2.18. The average molecular weight is 433 g/mol. The summed E-state index contributed by atoms with van der Waals surface area (Å²) in [7, 11) is 0. The molecular weight excluding hydrogens is 418 g/mol. The lowest BCUT2D eigenvalue weighted by atomic mass is 10.2. The van der Waals surface area contributed by atoms with Crippen molar-refractivity contribution >= 4 is 56.5 Å². The van der Waals surface area contributed by atoms with Crippen LogP contribution in [0.2, 0.25) is 0 Å². The Balaban J connectivity index is 1.76. The lowest BCUT2D eigenvalue weighted by Gasteiger charge is -2.08. The summed E-state index contributed by atoms with van der Waals surface area (Å²) in [6, 6.07) is 4.18. The monoisotopic (exact) mass is 433 g/mol. The van der Waals surface area contributed by atoms with Crippen molar-refractivity contribution in [2.75, 3.05) is 11.1 Å². The fourth-order valence-electron chi connectivity index (χ4n) is 2.61. The first-order chi connectivity index (χ1) is 13.7. The van der Waals surface area contributed by atoms with Gasteiger partial charge < -0.3 is 16.0 Å². The molecule has 0 radical (unpaired) electrons. The van der Waals surface area contributed by atoms with Gasteiger partial charge in [0.1, 0.15) is 4.83 Å². The first-order valence-corrected chi connectivity index (χ1v) is 9.98. The minimum absolute atomic E-state index is 0.0797. The second-order valence-electron chi connectivity index (χ2n) is 6.06. The maximum atomic E-state index is 12.3. The maximum absolute atomic E-state index is 12.3. The summed E-state index contributed by atoms with van der Waals surface area (Å²) < 4.78 is 0. The number of carbonyl (C=O) groups excluding carboxylic acids is 2. The van der Waals surface area contributed by atoms with Crippen LogP contribution in [0.5, 0.6) is 0 Å². The number of amides is 2. The summed E-state index contributed by atoms with van der Waals surface area (Å²) >= 11 is 2.01. The topological polar surface area (TPSA) is 161 Å². The fourth-order valence-corrected chi connectivity index (χ4v) is 4.36. The molecule has 0 bridgehead atoms. The summed E-state index contributed by atoms with van der Waals surface area (Å²) in [5.41, 5.74) is 6.24. The van der Waals surface area contributed by atoms with E-state index in [4.69, 9.17) is 5.73 Å². The third kappa shape index (κ3) is 4.27. The number of anilines is 1. The Bertz CT molecular complexity index is 1220. The molecular formula is C17H15N5O5S2. The lowest BCUT2D eigenvalue weighted by Crippen LogP contribution is -2.16. The molecule has 2 heterocycles. The Hall–Kier alpha value is -3.25. The molecule has 2 aromatic heterocycles. The van der Waals surface area contributed by atoms with Crippen LogP contribution < -0.4 is 16.6 Å². The van der Waals surface area contributed by atoms with E-state index in [0.717, 1.165) is 23.1 Å². The van der Waals surface area contributed by atoms with Crippen LogP contribution in [0, 0.1) is 24.0 Å². The van der Waals surface area contributed by atoms with E-state index in [0.29, 0.717) is 27.0 Å². The van der Waals surface area contributed by atoms with E-state index in [9.17, 15) is 24.5 Å². The molecule has 29 heavy (non-hydrogen) atoms. The molecule has 150 valence electrons. The van der Waals surface area contributed by atoms with Crippen LogP contribution >= 0.6 is 23.1 Å². The SMILES string of the molecule is Cc1ccc([N+](=O)[O-])cc1NC(=O)CSc1nc2sc(C(N)=O)c(C)c2c(=O)[nH]1. The number of aromatic amines is 1. The van der Waals surface area contributed by atoms with Crippen LogP contribution in [-0.2, 0) is 4.79 Å². The van der Waals surface area contributed by atoms with Crippen molar-refractivity contribution in [1.29, 1.82) is 0 Å². The number of benzene rings is 1. The number of aryl methyl sites for hydroxylation is 2. The molecule has 0 saturated heterocycles. The number of fused-ring (bicyclic) bond motifs is 1. The van der Waals surface area contributed by atoms with E-state index in [2.05, 4.69) is 15.3 Å². The van der Waals surface area contributed by atoms with Gasteiger partial charge in [-0.2, -0.15) is 0 Å². The Kier molecular flexibility index (Phi) is 5.66. The van der Waals surface area contributed by atoms with Gasteiger partial charge in [-0.25, -0.2) is 4.98 Å². The first-order valence-electron chi connectivity index (χ1n) is 8.18. The second kappa shape index (κ2) is 8.01. The molecule has 12 heteroatoms. The van der Waals surface area contributed by atoms with Crippen LogP contribution in [0.25, 0.3) is 10.2 Å². The highest BCUT2D eigenvalue weighted by atomic mass is 32.2. The Morgan fingerprint density at radius 2 is 2.10 bits per heavy atom. The zero-order chi connectivity index (χ0) is 21.3. The quantitative estimate of drug-likeness (QED) is 0.233. The molecule has 0 aliphatic rings. The van der Waals surface area contributed by atoms with Crippen molar-refractivity contribution in [3.8, 4) is 0 Å².